The third-order valence-corrected chi connectivity index (χ3v) is 5.08. The summed E-state index contributed by atoms with van der Waals surface area (Å²) in [6.45, 7) is 1.68. The van der Waals surface area contributed by atoms with Gasteiger partial charge < -0.3 is 19.8 Å². The predicted octanol–water partition coefficient (Wildman–Crippen LogP) is 1.01. The van der Waals surface area contributed by atoms with Crippen molar-refractivity contribution in [3.05, 3.63) is 29.3 Å². The first kappa shape index (κ1) is 15.3. The molecule has 1 aliphatic heterocycles. The molecule has 3 rings (SSSR count). The van der Waals surface area contributed by atoms with Gasteiger partial charge in [-0.15, -0.1) is 0 Å². The number of aryl methyl sites for hydroxylation is 1. The van der Waals surface area contributed by atoms with E-state index in [1.807, 2.05) is 6.92 Å². The standard InChI is InChI=1S/C16H17NO6/c1-9-3-4-10(5-11(9)23-2)12(18)17-7-15(13(19)20)6-16(15,8-17)14(21)22/h3-5H,6-8H2,1-2H3,(H,19,20)(H,21,22)/t15-,16+. The van der Waals surface area contributed by atoms with Crippen molar-refractivity contribution in [1.82, 2.24) is 4.90 Å². The van der Waals surface area contributed by atoms with E-state index in [4.69, 9.17) is 4.74 Å². The van der Waals surface area contributed by atoms with Gasteiger partial charge >= 0.3 is 11.9 Å². The maximum atomic E-state index is 12.6. The first-order chi connectivity index (χ1) is 10.8. The number of piperidine rings is 1. The summed E-state index contributed by atoms with van der Waals surface area (Å²) in [5, 5.41) is 18.8. The lowest BCUT2D eigenvalue weighted by atomic mass is 9.97. The number of hydrogen-bond donors (Lipinski definition) is 2. The molecule has 7 nitrogen and oxygen atoms in total. The second-order valence-electron chi connectivity index (χ2n) is 6.30. The van der Waals surface area contributed by atoms with Crippen molar-refractivity contribution >= 4 is 17.8 Å². The van der Waals surface area contributed by atoms with Crippen molar-refractivity contribution in [3.8, 4) is 5.75 Å². The van der Waals surface area contributed by atoms with E-state index in [0.717, 1.165) is 5.56 Å². The van der Waals surface area contributed by atoms with Gasteiger partial charge in [-0.1, -0.05) is 6.07 Å². The van der Waals surface area contributed by atoms with E-state index in [1.54, 1.807) is 18.2 Å². The first-order valence-electron chi connectivity index (χ1n) is 7.18. The zero-order chi connectivity index (χ0) is 17.0. The molecule has 1 aromatic carbocycles. The van der Waals surface area contributed by atoms with Crippen LogP contribution < -0.4 is 4.74 Å². The van der Waals surface area contributed by atoms with Crippen LogP contribution in [0, 0.1) is 17.8 Å². The molecular weight excluding hydrogens is 302 g/mol. The highest BCUT2D eigenvalue weighted by Crippen LogP contribution is 2.68. The maximum absolute atomic E-state index is 12.6. The average Bonchev–Trinajstić information content (AvgIpc) is 3.06. The van der Waals surface area contributed by atoms with Crippen LogP contribution in [0.5, 0.6) is 5.75 Å². The topological polar surface area (TPSA) is 104 Å². The van der Waals surface area contributed by atoms with E-state index in [0.29, 0.717) is 11.3 Å². The van der Waals surface area contributed by atoms with Gasteiger partial charge in [0.15, 0.2) is 0 Å². The van der Waals surface area contributed by atoms with Gasteiger partial charge in [0.2, 0.25) is 0 Å². The molecule has 1 aliphatic carbocycles. The number of amides is 1. The second-order valence-corrected chi connectivity index (χ2v) is 6.30. The normalized spacial score (nSPS) is 28.2. The molecule has 1 heterocycles. The SMILES string of the molecule is COc1cc(C(=O)N2C[C@@]3(C(=O)O)C[C@@]3(C(=O)O)C2)ccc1C. The third kappa shape index (κ3) is 1.92. The molecule has 2 N–H and O–H groups in total. The van der Waals surface area contributed by atoms with E-state index in [2.05, 4.69) is 0 Å². The van der Waals surface area contributed by atoms with Crippen LogP contribution in [-0.2, 0) is 9.59 Å². The lowest BCUT2D eigenvalue weighted by molar-refractivity contribution is -0.151. The maximum Gasteiger partial charge on any atom is 0.312 e. The second kappa shape index (κ2) is 4.71. The fraction of sp³-hybridized carbons (Fsp3) is 0.438. The van der Waals surface area contributed by atoms with Crippen molar-refractivity contribution in [1.29, 1.82) is 0 Å². The van der Waals surface area contributed by atoms with Crippen LogP contribution in [0.1, 0.15) is 22.3 Å². The number of aliphatic carboxylic acids is 2. The van der Waals surface area contributed by atoms with Gasteiger partial charge in [-0.25, -0.2) is 0 Å². The molecule has 0 unspecified atom stereocenters. The summed E-state index contributed by atoms with van der Waals surface area (Å²) in [6, 6.07) is 4.95. The van der Waals surface area contributed by atoms with E-state index >= 15 is 0 Å². The molecule has 7 heteroatoms. The Kier molecular flexibility index (Phi) is 3.14. The molecule has 1 saturated heterocycles. The van der Waals surface area contributed by atoms with Crippen LogP contribution in [0.2, 0.25) is 0 Å². The minimum absolute atomic E-state index is 0.0751. The number of carboxylic acid groups (broad SMARTS) is 2. The number of fused-ring (bicyclic) bond motifs is 1. The van der Waals surface area contributed by atoms with Crippen molar-refractivity contribution < 1.29 is 29.3 Å². The molecule has 122 valence electrons. The van der Waals surface area contributed by atoms with Crippen molar-refractivity contribution in [2.45, 2.75) is 13.3 Å². The molecule has 0 aromatic heterocycles. The summed E-state index contributed by atoms with van der Waals surface area (Å²) in [7, 11) is 1.50. The van der Waals surface area contributed by atoms with Crippen LogP contribution in [0.4, 0.5) is 0 Å². The number of carbonyl (C=O) groups is 3. The van der Waals surface area contributed by atoms with Crippen LogP contribution in [0.3, 0.4) is 0 Å². The number of carboxylic acids is 2. The number of methoxy groups -OCH3 is 1. The van der Waals surface area contributed by atoms with E-state index in [9.17, 15) is 24.6 Å². The molecular formula is C16H17NO6. The lowest BCUT2D eigenvalue weighted by Crippen LogP contribution is -2.34. The summed E-state index contributed by atoms with van der Waals surface area (Å²) in [6.07, 6.45) is 0.0751. The Morgan fingerprint density at radius 3 is 2.17 bits per heavy atom. The summed E-state index contributed by atoms with van der Waals surface area (Å²) in [4.78, 5) is 36.9. The Labute approximate surface area is 132 Å². The van der Waals surface area contributed by atoms with Crippen LogP contribution in [-0.4, -0.2) is 53.2 Å². The highest BCUT2D eigenvalue weighted by molar-refractivity contribution is 6.00. The zero-order valence-corrected chi connectivity index (χ0v) is 12.8. The predicted molar refractivity (Wildman–Crippen MR) is 78.4 cm³/mol. The van der Waals surface area contributed by atoms with Crippen LogP contribution in [0.25, 0.3) is 0 Å². The smallest absolute Gasteiger partial charge is 0.312 e. The van der Waals surface area contributed by atoms with Crippen LogP contribution in [0.15, 0.2) is 18.2 Å². The molecule has 2 fully saturated rings. The molecule has 0 spiro atoms. The van der Waals surface area contributed by atoms with Gasteiger partial charge in [0.05, 0.1) is 7.11 Å². The van der Waals surface area contributed by atoms with Gasteiger partial charge in [-0.2, -0.15) is 0 Å². The van der Waals surface area contributed by atoms with Crippen molar-refractivity contribution in [2.24, 2.45) is 10.8 Å². The van der Waals surface area contributed by atoms with Gasteiger partial charge in [0.1, 0.15) is 16.6 Å². The number of ether oxygens (including phenoxy) is 1. The monoisotopic (exact) mass is 319 g/mol. The quantitative estimate of drug-likeness (QED) is 0.858. The number of hydrogen-bond acceptors (Lipinski definition) is 4. The Balaban J connectivity index is 1.88. The first-order valence-corrected chi connectivity index (χ1v) is 7.18. The number of nitrogens with zero attached hydrogens (tertiary/aromatic N) is 1. The molecule has 2 atom stereocenters. The van der Waals surface area contributed by atoms with Gasteiger partial charge in [0.25, 0.3) is 5.91 Å². The fourth-order valence-electron chi connectivity index (χ4n) is 3.57. The van der Waals surface area contributed by atoms with Gasteiger partial charge in [0, 0.05) is 18.7 Å². The number of rotatable bonds is 4. The summed E-state index contributed by atoms with van der Waals surface area (Å²) in [5.41, 5.74) is -1.49. The summed E-state index contributed by atoms with van der Waals surface area (Å²) < 4.78 is 5.19. The Morgan fingerprint density at radius 2 is 1.70 bits per heavy atom. The summed E-state index contributed by atoms with van der Waals surface area (Å²) >= 11 is 0. The average molecular weight is 319 g/mol. The Morgan fingerprint density at radius 1 is 1.13 bits per heavy atom. The Hall–Kier alpha value is -2.57. The highest BCUT2D eigenvalue weighted by Gasteiger charge is 2.81. The lowest BCUT2D eigenvalue weighted by Gasteiger charge is -2.20. The molecule has 1 aromatic rings. The summed E-state index contributed by atoms with van der Waals surface area (Å²) in [5.74, 6) is -2.13. The molecule has 1 amide bonds. The van der Waals surface area contributed by atoms with Gasteiger partial charge in [-0.3, -0.25) is 14.4 Å². The molecule has 0 radical (unpaired) electrons. The van der Waals surface area contributed by atoms with E-state index in [1.165, 1.54) is 12.0 Å². The van der Waals surface area contributed by atoms with Crippen LogP contribution >= 0.6 is 0 Å². The minimum Gasteiger partial charge on any atom is -0.496 e. The highest BCUT2D eigenvalue weighted by atomic mass is 16.5. The molecule has 1 saturated carbocycles. The third-order valence-electron chi connectivity index (χ3n) is 5.08. The largest absolute Gasteiger partial charge is 0.496 e. The van der Waals surface area contributed by atoms with E-state index < -0.39 is 22.8 Å². The minimum atomic E-state index is -1.36. The van der Waals surface area contributed by atoms with Crippen molar-refractivity contribution in [3.63, 3.8) is 0 Å². The number of likely N-dealkylation sites (tertiary alicyclic amines) is 1. The number of carbonyl (C=O) groups excluding carboxylic acids is 1. The van der Waals surface area contributed by atoms with E-state index in [-0.39, 0.29) is 25.4 Å². The fourth-order valence-corrected chi connectivity index (χ4v) is 3.57. The Bertz CT molecular complexity index is 701. The zero-order valence-electron chi connectivity index (χ0n) is 12.8. The van der Waals surface area contributed by atoms with Gasteiger partial charge in [-0.05, 0) is 31.0 Å². The number of benzene rings is 1. The molecule has 0 bridgehead atoms. The van der Waals surface area contributed by atoms with Crippen molar-refractivity contribution in [2.75, 3.05) is 20.2 Å². The molecule has 2 aliphatic rings. The molecule has 23 heavy (non-hydrogen) atoms.